The normalized spacial score (nSPS) is 11.1. The van der Waals surface area contributed by atoms with E-state index < -0.39 is 11.7 Å². The quantitative estimate of drug-likeness (QED) is 0.820. The Labute approximate surface area is 114 Å². The highest BCUT2D eigenvalue weighted by atomic mass is 16.5. The molecule has 1 aromatic carbocycles. The number of nitrogens with one attached hydrogen (secondary N) is 1. The topological polar surface area (TPSA) is 91.8 Å². The predicted molar refractivity (Wildman–Crippen MR) is 75.6 cm³/mol. The van der Waals surface area contributed by atoms with Gasteiger partial charge in [0.2, 0.25) is 0 Å². The molecule has 0 aliphatic rings. The van der Waals surface area contributed by atoms with Crippen LogP contribution in [0.5, 0.6) is 5.75 Å². The number of pyridine rings is 1. The van der Waals surface area contributed by atoms with Crippen molar-refractivity contribution < 1.29 is 14.6 Å². The number of carbonyl (C=O) groups excluding carboxylic acids is 1. The monoisotopic (exact) mass is 274 g/mol. The molecule has 0 aliphatic heterocycles. The Morgan fingerprint density at radius 3 is 2.95 bits per heavy atom. The van der Waals surface area contributed by atoms with Crippen LogP contribution in [0.2, 0.25) is 0 Å². The summed E-state index contributed by atoms with van der Waals surface area (Å²) in [5.74, 6) is -0.208. The number of amides is 1. The summed E-state index contributed by atoms with van der Waals surface area (Å²) in [6, 6.07) is 5.27. The fraction of sp³-hybridized carbons (Fsp3) is 0.214. The third-order valence-corrected chi connectivity index (χ3v) is 2.75. The first kappa shape index (κ1) is 13.8. The smallest absolute Gasteiger partial charge is 0.433 e. The number of rotatable bonds is 2. The summed E-state index contributed by atoms with van der Waals surface area (Å²) in [6.07, 6.45) is 0.198. The average molecular weight is 274 g/mol. The van der Waals surface area contributed by atoms with Crippen molar-refractivity contribution in [3.05, 3.63) is 39.7 Å². The second kappa shape index (κ2) is 5.56. The minimum atomic E-state index is -0.810. The second-order valence-corrected chi connectivity index (χ2v) is 4.22. The van der Waals surface area contributed by atoms with E-state index in [2.05, 4.69) is 14.7 Å². The largest absolute Gasteiger partial charge is 0.506 e. The second-order valence-electron chi connectivity index (χ2n) is 4.22. The van der Waals surface area contributed by atoms with Crippen molar-refractivity contribution in [2.75, 3.05) is 6.61 Å². The zero-order valence-electron chi connectivity index (χ0n) is 11.1. The highest BCUT2D eigenvalue weighted by molar-refractivity contribution is 5.97. The predicted octanol–water partition coefficient (Wildman–Crippen LogP) is 2.12. The Bertz CT molecular complexity index is 747. The van der Waals surface area contributed by atoms with E-state index in [0.29, 0.717) is 10.9 Å². The molecule has 1 heterocycles. The molecule has 2 rings (SSSR count). The fourth-order valence-corrected chi connectivity index (χ4v) is 1.80. The molecule has 1 amide bonds. The summed E-state index contributed by atoms with van der Waals surface area (Å²) in [5, 5.41) is 10.6. The van der Waals surface area contributed by atoms with Crippen LogP contribution in [0.3, 0.4) is 0 Å². The molecule has 0 spiro atoms. The molecule has 0 saturated heterocycles. The molecule has 0 unspecified atom stereocenters. The number of carbonyl (C=O) groups is 1. The Kier molecular flexibility index (Phi) is 3.84. The van der Waals surface area contributed by atoms with Gasteiger partial charge in [-0.3, -0.25) is 4.79 Å². The van der Waals surface area contributed by atoms with Gasteiger partial charge in [0.05, 0.1) is 18.3 Å². The van der Waals surface area contributed by atoms with Crippen molar-refractivity contribution >= 4 is 23.2 Å². The van der Waals surface area contributed by atoms with Gasteiger partial charge in [0.15, 0.2) is 0 Å². The van der Waals surface area contributed by atoms with E-state index in [1.165, 1.54) is 0 Å². The zero-order chi connectivity index (χ0) is 14.7. The SMILES string of the molecule is CCOC(=O)/N=C/c1c(O)c2cc(C)ccc2[nH]c1=O. The van der Waals surface area contributed by atoms with E-state index in [0.717, 1.165) is 11.8 Å². The number of aliphatic imine (C=N–C) groups is 1. The third-order valence-electron chi connectivity index (χ3n) is 2.75. The van der Waals surface area contributed by atoms with E-state index in [1.54, 1.807) is 19.1 Å². The fourth-order valence-electron chi connectivity index (χ4n) is 1.80. The lowest BCUT2D eigenvalue weighted by molar-refractivity contribution is 0.163. The van der Waals surface area contributed by atoms with Crippen molar-refractivity contribution in [1.82, 2.24) is 4.98 Å². The number of ether oxygens (including phenoxy) is 1. The van der Waals surface area contributed by atoms with Crippen LogP contribution in [0.25, 0.3) is 10.9 Å². The summed E-state index contributed by atoms with van der Waals surface area (Å²) < 4.78 is 4.62. The van der Waals surface area contributed by atoms with Crippen LogP contribution in [0.1, 0.15) is 18.1 Å². The van der Waals surface area contributed by atoms with E-state index >= 15 is 0 Å². The maximum absolute atomic E-state index is 11.9. The summed E-state index contributed by atoms with van der Waals surface area (Å²) in [7, 11) is 0. The van der Waals surface area contributed by atoms with Gasteiger partial charge in [0.25, 0.3) is 5.56 Å². The molecule has 0 atom stereocenters. The standard InChI is InChI=1S/C14H14N2O4/c1-3-20-14(19)15-7-10-12(17)9-6-8(2)4-5-11(9)16-13(10)18/h4-7H,3H2,1-2H3,(H2,16,17,18)/b15-7+. The molecule has 0 bridgehead atoms. The molecular formula is C14H14N2O4. The van der Waals surface area contributed by atoms with Crippen LogP contribution < -0.4 is 5.56 Å². The lowest BCUT2D eigenvalue weighted by atomic mass is 10.1. The Hall–Kier alpha value is -2.63. The molecule has 2 N–H and O–H groups in total. The lowest BCUT2D eigenvalue weighted by Gasteiger charge is -2.05. The van der Waals surface area contributed by atoms with Gasteiger partial charge in [-0.15, -0.1) is 0 Å². The molecule has 0 saturated carbocycles. The number of aryl methyl sites for hydroxylation is 1. The van der Waals surface area contributed by atoms with Crippen LogP contribution in [-0.2, 0) is 4.74 Å². The van der Waals surface area contributed by atoms with Gasteiger partial charge in [0.1, 0.15) is 11.3 Å². The molecule has 2 aromatic rings. The van der Waals surface area contributed by atoms with E-state index in [9.17, 15) is 14.7 Å². The van der Waals surface area contributed by atoms with Gasteiger partial charge in [-0.2, -0.15) is 4.99 Å². The van der Waals surface area contributed by atoms with Crippen molar-refractivity contribution in [3.8, 4) is 5.75 Å². The summed E-state index contributed by atoms with van der Waals surface area (Å²) >= 11 is 0. The number of nitrogens with zero attached hydrogens (tertiary/aromatic N) is 1. The van der Waals surface area contributed by atoms with E-state index in [-0.39, 0.29) is 17.9 Å². The molecular weight excluding hydrogens is 260 g/mol. The van der Waals surface area contributed by atoms with Crippen LogP contribution in [0.4, 0.5) is 4.79 Å². The summed E-state index contributed by atoms with van der Waals surface area (Å²) in [4.78, 5) is 29.1. The first-order chi connectivity index (χ1) is 9.52. The number of aromatic amines is 1. The number of aromatic nitrogens is 1. The Morgan fingerprint density at radius 2 is 2.25 bits per heavy atom. The number of H-pyrrole nitrogens is 1. The van der Waals surface area contributed by atoms with Gasteiger partial charge in [-0.1, -0.05) is 11.6 Å². The molecule has 0 fully saturated rings. The van der Waals surface area contributed by atoms with Gasteiger partial charge in [0, 0.05) is 5.39 Å². The average Bonchev–Trinajstić information content (AvgIpc) is 2.40. The van der Waals surface area contributed by atoms with Gasteiger partial charge >= 0.3 is 6.09 Å². The minimum Gasteiger partial charge on any atom is -0.506 e. The number of hydrogen-bond donors (Lipinski definition) is 2. The number of fused-ring (bicyclic) bond motifs is 1. The third kappa shape index (κ3) is 2.69. The summed E-state index contributed by atoms with van der Waals surface area (Å²) in [5.41, 5.74) is 0.863. The first-order valence-electron chi connectivity index (χ1n) is 6.09. The van der Waals surface area contributed by atoms with Gasteiger partial charge in [-0.25, -0.2) is 4.79 Å². The maximum atomic E-state index is 11.9. The first-order valence-corrected chi connectivity index (χ1v) is 6.09. The maximum Gasteiger partial charge on any atom is 0.433 e. The van der Waals surface area contributed by atoms with Crippen LogP contribution >= 0.6 is 0 Å². The molecule has 6 nitrogen and oxygen atoms in total. The van der Waals surface area contributed by atoms with Crippen molar-refractivity contribution in [2.45, 2.75) is 13.8 Å². The minimum absolute atomic E-state index is 0.0730. The molecule has 0 aliphatic carbocycles. The number of hydrogen-bond acceptors (Lipinski definition) is 4. The highest BCUT2D eigenvalue weighted by Gasteiger charge is 2.10. The molecule has 6 heteroatoms. The van der Waals surface area contributed by atoms with Crippen molar-refractivity contribution in [2.24, 2.45) is 4.99 Å². The van der Waals surface area contributed by atoms with Crippen molar-refractivity contribution in [1.29, 1.82) is 0 Å². The number of aromatic hydroxyl groups is 1. The zero-order valence-corrected chi connectivity index (χ0v) is 11.1. The van der Waals surface area contributed by atoms with Crippen molar-refractivity contribution in [3.63, 3.8) is 0 Å². The van der Waals surface area contributed by atoms with Crippen LogP contribution in [0, 0.1) is 6.92 Å². The van der Waals surface area contributed by atoms with Crippen LogP contribution in [-0.4, -0.2) is 29.0 Å². The van der Waals surface area contributed by atoms with E-state index in [1.807, 2.05) is 13.0 Å². The molecule has 104 valence electrons. The molecule has 20 heavy (non-hydrogen) atoms. The molecule has 1 aromatic heterocycles. The number of benzene rings is 1. The van der Waals surface area contributed by atoms with Gasteiger partial charge in [-0.05, 0) is 26.0 Å². The summed E-state index contributed by atoms with van der Waals surface area (Å²) in [6.45, 7) is 3.71. The highest BCUT2D eigenvalue weighted by Crippen LogP contribution is 2.24. The Balaban J connectivity index is 2.53. The van der Waals surface area contributed by atoms with Gasteiger partial charge < -0.3 is 14.8 Å². The Morgan fingerprint density at radius 1 is 1.50 bits per heavy atom. The van der Waals surface area contributed by atoms with Crippen LogP contribution in [0.15, 0.2) is 28.0 Å². The lowest BCUT2D eigenvalue weighted by Crippen LogP contribution is -2.13. The molecule has 0 radical (unpaired) electrons. The van der Waals surface area contributed by atoms with E-state index in [4.69, 9.17) is 0 Å².